The van der Waals surface area contributed by atoms with Gasteiger partial charge in [0.25, 0.3) is 5.69 Å². The number of nitro benzene ring substituents is 1. The molecule has 0 aliphatic rings. The lowest BCUT2D eigenvalue weighted by Crippen LogP contribution is -2.12. The Morgan fingerprint density at radius 1 is 1.50 bits per heavy atom. The van der Waals surface area contributed by atoms with Crippen LogP contribution in [0.3, 0.4) is 0 Å². The third-order valence-electron chi connectivity index (χ3n) is 1.72. The summed E-state index contributed by atoms with van der Waals surface area (Å²) in [6.07, 6.45) is 0. The Bertz CT molecular complexity index is 353. The first kappa shape index (κ1) is 10.9. The van der Waals surface area contributed by atoms with Crippen LogP contribution in [0.2, 0.25) is 5.02 Å². The number of nitrogens with zero attached hydrogens (tertiary/aromatic N) is 2. The molecule has 14 heavy (non-hydrogen) atoms. The fraction of sp³-hybridized carbons (Fsp3) is 0.333. The van der Waals surface area contributed by atoms with E-state index in [-0.39, 0.29) is 5.69 Å². The predicted molar refractivity (Wildman–Crippen MR) is 55.5 cm³/mol. The van der Waals surface area contributed by atoms with Gasteiger partial charge in [-0.3, -0.25) is 10.1 Å². The topological polar surface area (TPSA) is 46.4 Å². The van der Waals surface area contributed by atoms with Crippen LogP contribution in [-0.2, 0) is 6.54 Å². The highest BCUT2D eigenvalue weighted by Crippen LogP contribution is 2.23. The third kappa shape index (κ3) is 2.68. The Kier molecular flexibility index (Phi) is 3.43. The molecule has 0 N–H and O–H groups in total. The molecule has 1 rings (SSSR count). The van der Waals surface area contributed by atoms with Gasteiger partial charge in [0, 0.05) is 23.2 Å². The van der Waals surface area contributed by atoms with Gasteiger partial charge >= 0.3 is 0 Å². The number of halogens is 1. The van der Waals surface area contributed by atoms with Crippen molar-refractivity contribution in [2.24, 2.45) is 0 Å². The van der Waals surface area contributed by atoms with Crippen molar-refractivity contribution in [3.05, 3.63) is 38.9 Å². The van der Waals surface area contributed by atoms with E-state index in [4.69, 9.17) is 11.6 Å². The Labute approximate surface area is 87.2 Å². The second-order valence-corrected chi connectivity index (χ2v) is 3.70. The van der Waals surface area contributed by atoms with Crippen molar-refractivity contribution >= 4 is 17.3 Å². The molecule has 1 aromatic rings. The van der Waals surface area contributed by atoms with Crippen molar-refractivity contribution in [1.82, 2.24) is 4.90 Å². The summed E-state index contributed by atoms with van der Waals surface area (Å²) in [6.45, 7) is 0.511. The standard InChI is InChI=1S/C9H11ClN2O2/c1-11(2)6-7-5-8(10)3-4-9(7)12(13)14/h3-5H,6H2,1-2H3. The summed E-state index contributed by atoms with van der Waals surface area (Å²) >= 11 is 5.76. The highest BCUT2D eigenvalue weighted by Gasteiger charge is 2.13. The van der Waals surface area contributed by atoms with E-state index in [1.54, 1.807) is 6.07 Å². The summed E-state index contributed by atoms with van der Waals surface area (Å²) in [5.74, 6) is 0. The second-order valence-electron chi connectivity index (χ2n) is 3.27. The van der Waals surface area contributed by atoms with Crippen molar-refractivity contribution in [2.75, 3.05) is 14.1 Å². The fourth-order valence-corrected chi connectivity index (χ4v) is 1.39. The minimum absolute atomic E-state index is 0.114. The Hall–Kier alpha value is -1.13. The van der Waals surface area contributed by atoms with Crippen LogP contribution >= 0.6 is 11.6 Å². The first-order valence-electron chi connectivity index (χ1n) is 4.08. The Balaban J connectivity index is 3.09. The monoisotopic (exact) mass is 214 g/mol. The minimum atomic E-state index is -0.394. The molecule has 1 aromatic carbocycles. The molecular weight excluding hydrogens is 204 g/mol. The first-order chi connectivity index (χ1) is 6.50. The van der Waals surface area contributed by atoms with E-state index >= 15 is 0 Å². The molecule has 4 nitrogen and oxygen atoms in total. The molecule has 0 unspecified atom stereocenters. The molecule has 0 aliphatic carbocycles. The fourth-order valence-electron chi connectivity index (χ4n) is 1.20. The van der Waals surface area contributed by atoms with E-state index in [9.17, 15) is 10.1 Å². The van der Waals surface area contributed by atoms with Crippen molar-refractivity contribution < 1.29 is 4.92 Å². The molecule has 0 radical (unpaired) electrons. The number of benzene rings is 1. The molecule has 0 heterocycles. The van der Waals surface area contributed by atoms with Crippen LogP contribution in [0.5, 0.6) is 0 Å². The van der Waals surface area contributed by atoms with E-state index < -0.39 is 4.92 Å². The van der Waals surface area contributed by atoms with E-state index in [1.165, 1.54) is 12.1 Å². The third-order valence-corrected chi connectivity index (χ3v) is 1.96. The molecule has 0 fully saturated rings. The molecule has 0 aromatic heterocycles. The SMILES string of the molecule is CN(C)Cc1cc(Cl)ccc1[N+](=O)[O-]. The summed E-state index contributed by atoms with van der Waals surface area (Å²) < 4.78 is 0. The van der Waals surface area contributed by atoms with Crippen LogP contribution in [-0.4, -0.2) is 23.9 Å². The smallest absolute Gasteiger partial charge is 0.273 e. The zero-order valence-electron chi connectivity index (χ0n) is 8.03. The van der Waals surface area contributed by atoms with Gasteiger partial charge in [0.05, 0.1) is 4.92 Å². The molecule has 0 aliphatic heterocycles. The van der Waals surface area contributed by atoms with Crippen molar-refractivity contribution in [2.45, 2.75) is 6.54 Å². The molecule has 5 heteroatoms. The van der Waals surface area contributed by atoms with Gasteiger partial charge in [0.1, 0.15) is 0 Å². The van der Waals surface area contributed by atoms with Crippen LogP contribution in [0.1, 0.15) is 5.56 Å². The average molecular weight is 215 g/mol. The zero-order valence-corrected chi connectivity index (χ0v) is 8.78. The lowest BCUT2D eigenvalue weighted by molar-refractivity contribution is -0.385. The maximum absolute atomic E-state index is 10.7. The van der Waals surface area contributed by atoms with E-state index in [0.717, 1.165) is 0 Å². The second kappa shape index (κ2) is 4.39. The molecule has 0 amide bonds. The number of nitro groups is 1. The van der Waals surface area contributed by atoms with E-state index in [2.05, 4.69) is 0 Å². The van der Waals surface area contributed by atoms with E-state index in [0.29, 0.717) is 17.1 Å². The molecule has 0 bridgehead atoms. The van der Waals surface area contributed by atoms with Gasteiger partial charge in [-0.05, 0) is 26.2 Å². The highest BCUT2D eigenvalue weighted by molar-refractivity contribution is 6.30. The summed E-state index contributed by atoms with van der Waals surface area (Å²) in [5, 5.41) is 11.2. The van der Waals surface area contributed by atoms with Crippen LogP contribution < -0.4 is 0 Å². The quantitative estimate of drug-likeness (QED) is 0.573. The van der Waals surface area contributed by atoms with Crippen LogP contribution in [0.4, 0.5) is 5.69 Å². The molecule has 0 saturated heterocycles. The first-order valence-corrected chi connectivity index (χ1v) is 4.46. The average Bonchev–Trinajstić information content (AvgIpc) is 2.01. The van der Waals surface area contributed by atoms with Gasteiger partial charge in [-0.2, -0.15) is 0 Å². The van der Waals surface area contributed by atoms with Gasteiger partial charge in [0.15, 0.2) is 0 Å². The van der Waals surface area contributed by atoms with Crippen LogP contribution in [0.15, 0.2) is 18.2 Å². The minimum Gasteiger partial charge on any atom is -0.305 e. The largest absolute Gasteiger partial charge is 0.305 e. The van der Waals surface area contributed by atoms with Crippen LogP contribution in [0.25, 0.3) is 0 Å². The van der Waals surface area contributed by atoms with Crippen molar-refractivity contribution in [3.63, 3.8) is 0 Å². The maximum Gasteiger partial charge on any atom is 0.273 e. The molecule has 0 atom stereocenters. The molecule has 0 spiro atoms. The van der Waals surface area contributed by atoms with Crippen molar-refractivity contribution in [1.29, 1.82) is 0 Å². The summed E-state index contributed by atoms with van der Waals surface area (Å²) in [5.41, 5.74) is 0.746. The Morgan fingerprint density at radius 2 is 2.14 bits per heavy atom. The predicted octanol–water partition coefficient (Wildman–Crippen LogP) is 2.31. The van der Waals surface area contributed by atoms with Crippen LogP contribution in [0, 0.1) is 10.1 Å². The number of rotatable bonds is 3. The summed E-state index contributed by atoms with van der Waals surface area (Å²) in [6, 6.07) is 4.58. The Morgan fingerprint density at radius 3 is 2.64 bits per heavy atom. The van der Waals surface area contributed by atoms with Gasteiger partial charge in [-0.25, -0.2) is 0 Å². The van der Waals surface area contributed by atoms with E-state index in [1.807, 2.05) is 19.0 Å². The molecule has 0 saturated carbocycles. The highest BCUT2D eigenvalue weighted by atomic mass is 35.5. The van der Waals surface area contributed by atoms with Gasteiger partial charge in [-0.15, -0.1) is 0 Å². The lowest BCUT2D eigenvalue weighted by atomic mass is 10.2. The van der Waals surface area contributed by atoms with Crippen molar-refractivity contribution in [3.8, 4) is 0 Å². The van der Waals surface area contributed by atoms with Gasteiger partial charge in [-0.1, -0.05) is 11.6 Å². The lowest BCUT2D eigenvalue weighted by Gasteiger charge is -2.09. The van der Waals surface area contributed by atoms with Gasteiger partial charge in [0.2, 0.25) is 0 Å². The van der Waals surface area contributed by atoms with Gasteiger partial charge < -0.3 is 4.90 Å². The summed E-state index contributed by atoms with van der Waals surface area (Å²) in [4.78, 5) is 12.1. The number of hydrogen-bond acceptors (Lipinski definition) is 3. The maximum atomic E-state index is 10.7. The zero-order chi connectivity index (χ0) is 10.7. The normalized spacial score (nSPS) is 10.6. The summed E-state index contributed by atoms with van der Waals surface area (Å²) in [7, 11) is 3.70. The molecular formula is C9H11ClN2O2. The number of hydrogen-bond donors (Lipinski definition) is 0. The molecule has 76 valence electrons.